The number of pyridine rings is 1. The quantitative estimate of drug-likeness (QED) is 0.757. The number of carbonyl (C=O) groups is 1. The molecule has 7 nitrogen and oxygen atoms in total. The molecule has 0 spiro atoms. The molecule has 3 heterocycles. The number of carboxylic acid groups (broad SMARTS) is 1. The van der Waals surface area contributed by atoms with Crippen LogP contribution in [0.3, 0.4) is 0 Å². The first-order chi connectivity index (χ1) is 13.9. The number of hydrogen-bond acceptors (Lipinski definition) is 5. The fourth-order valence-electron chi connectivity index (χ4n) is 3.84. The van der Waals surface area contributed by atoms with Crippen LogP contribution in [0.4, 0.5) is 13.2 Å². The molecule has 0 bridgehead atoms. The molecule has 2 aliphatic heterocycles. The molecule has 0 unspecified atom stereocenters. The van der Waals surface area contributed by atoms with Gasteiger partial charge in [0.15, 0.2) is 0 Å². The van der Waals surface area contributed by atoms with Gasteiger partial charge in [0, 0.05) is 32.0 Å². The second kappa shape index (κ2) is 10.1. The number of aliphatic carboxylic acids is 1. The summed E-state index contributed by atoms with van der Waals surface area (Å²) in [6.07, 6.45) is 0.319. The van der Waals surface area contributed by atoms with Gasteiger partial charge >= 0.3 is 12.1 Å². The second-order valence-corrected chi connectivity index (χ2v) is 10.2. The summed E-state index contributed by atoms with van der Waals surface area (Å²) in [7, 11) is -3.11. The fourth-order valence-corrected chi connectivity index (χ4v) is 6.24. The first-order valence-corrected chi connectivity index (χ1v) is 11.3. The monoisotopic (exact) mass is 451 g/mol. The smallest absolute Gasteiger partial charge is 0.475 e. The average Bonchev–Trinajstić information content (AvgIpc) is 2.77. The van der Waals surface area contributed by atoms with Crippen LogP contribution in [0, 0.1) is 11.8 Å². The molecule has 2 atom stereocenters. The molecular weight excluding hydrogens is 423 g/mol. The molecule has 2 saturated heterocycles. The van der Waals surface area contributed by atoms with E-state index >= 15 is 0 Å². The molecular formula is C19H28F3N3O4S. The standard InChI is InChI=1S/C17H27N3O2S.C2HF3O2/c1-14(2)11-20-13-16-5-8-19(9-6-17(16)23(20,21)22)12-15-4-3-7-18-10-15;3-2(4,5)1(6)7/h3-4,7,10,14,16-17H,5-6,8-9,11-13H2,1-2H3;(H,6,7)/t16-,17-;/m1./s1. The molecule has 0 aromatic carbocycles. The van der Waals surface area contributed by atoms with E-state index in [4.69, 9.17) is 9.90 Å². The maximum absolute atomic E-state index is 12.8. The Kier molecular flexibility index (Phi) is 8.23. The molecule has 170 valence electrons. The molecule has 30 heavy (non-hydrogen) atoms. The van der Waals surface area contributed by atoms with Crippen LogP contribution >= 0.6 is 0 Å². The summed E-state index contributed by atoms with van der Waals surface area (Å²) in [6.45, 7) is 8.23. The van der Waals surface area contributed by atoms with Crippen LogP contribution in [-0.2, 0) is 21.4 Å². The lowest BCUT2D eigenvalue weighted by atomic mass is 10.0. The van der Waals surface area contributed by atoms with Crippen molar-refractivity contribution in [2.45, 2.75) is 44.7 Å². The summed E-state index contributed by atoms with van der Waals surface area (Å²) in [5, 5.41) is 6.94. The van der Waals surface area contributed by atoms with E-state index in [1.165, 1.54) is 5.56 Å². The molecule has 0 radical (unpaired) electrons. The van der Waals surface area contributed by atoms with Gasteiger partial charge in [0.2, 0.25) is 10.0 Å². The lowest BCUT2D eigenvalue weighted by Crippen LogP contribution is -2.34. The maximum atomic E-state index is 12.8. The van der Waals surface area contributed by atoms with Crippen LogP contribution in [0.5, 0.6) is 0 Å². The lowest BCUT2D eigenvalue weighted by Gasteiger charge is -2.22. The van der Waals surface area contributed by atoms with Crippen LogP contribution in [0.15, 0.2) is 24.5 Å². The van der Waals surface area contributed by atoms with E-state index in [2.05, 4.69) is 29.8 Å². The number of alkyl halides is 3. The zero-order valence-corrected chi connectivity index (χ0v) is 17.9. The topological polar surface area (TPSA) is 90.8 Å². The molecule has 0 saturated carbocycles. The number of hydrogen-bond donors (Lipinski definition) is 1. The Morgan fingerprint density at radius 3 is 2.47 bits per heavy atom. The summed E-state index contributed by atoms with van der Waals surface area (Å²) < 4.78 is 59.0. The van der Waals surface area contributed by atoms with E-state index in [1.807, 2.05) is 12.3 Å². The molecule has 0 amide bonds. The van der Waals surface area contributed by atoms with E-state index in [0.717, 1.165) is 32.5 Å². The molecule has 0 aliphatic carbocycles. The molecule has 1 aromatic rings. The third-order valence-electron chi connectivity index (χ3n) is 5.19. The van der Waals surface area contributed by atoms with Crippen molar-refractivity contribution in [3.63, 3.8) is 0 Å². The normalized spacial score (nSPS) is 24.6. The highest BCUT2D eigenvalue weighted by Gasteiger charge is 2.46. The molecule has 11 heteroatoms. The minimum atomic E-state index is -5.08. The SMILES string of the molecule is CC(C)CN1C[C@H]2CCN(Cc3cccnc3)CC[C@H]2S1(=O)=O.O=C(O)C(F)(F)F. The fraction of sp³-hybridized carbons (Fsp3) is 0.684. The largest absolute Gasteiger partial charge is 0.490 e. The van der Waals surface area contributed by atoms with Gasteiger partial charge < -0.3 is 5.11 Å². The summed E-state index contributed by atoms with van der Waals surface area (Å²) >= 11 is 0. The number of fused-ring (bicyclic) bond motifs is 1. The number of aromatic nitrogens is 1. The Balaban J connectivity index is 0.000000396. The van der Waals surface area contributed by atoms with Crippen LogP contribution in [0.1, 0.15) is 32.3 Å². The highest BCUT2D eigenvalue weighted by atomic mass is 32.2. The zero-order chi connectivity index (χ0) is 22.5. The van der Waals surface area contributed by atoms with Crippen molar-refractivity contribution in [1.29, 1.82) is 0 Å². The third-order valence-corrected chi connectivity index (χ3v) is 7.60. The second-order valence-electron chi connectivity index (χ2n) is 8.07. The number of carboxylic acids is 1. The van der Waals surface area contributed by atoms with Crippen LogP contribution in [0.25, 0.3) is 0 Å². The van der Waals surface area contributed by atoms with Crippen LogP contribution in [0.2, 0.25) is 0 Å². The first kappa shape index (κ1) is 24.5. The Labute approximate surface area is 174 Å². The number of likely N-dealkylation sites (tertiary alicyclic amines) is 1. The van der Waals surface area contributed by atoms with Gasteiger partial charge in [-0.25, -0.2) is 17.5 Å². The summed E-state index contributed by atoms with van der Waals surface area (Å²) in [4.78, 5) is 15.4. The Morgan fingerprint density at radius 2 is 1.93 bits per heavy atom. The molecule has 3 rings (SSSR count). The summed E-state index contributed by atoms with van der Waals surface area (Å²) in [5.74, 6) is -2.08. The average molecular weight is 452 g/mol. The van der Waals surface area contributed by atoms with E-state index in [-0.39, 0.29) is 11.2 Å². The van der Waals surface area contributed by atoms with Crippen molar-refractivity contribution < 1.29 is 31.5 Å². The van der Waals surface area contributed by atoms with Crippen molar-refractivity contribution >= 4 is 16.0 Å². The first-order valence-electron chi connectivity index (χ1n) is 9.81. The van der Waals surface area contributed by atoms with E-state index in [1.54, 1.807) is 10.5 Å². The van der Waals surface area contributed by atoms with Gasteiger partial charge in [0.1, 0.15) is 0 Å². The lowest BCUT2D eigenvalue weighted by molar-refractivity contribution is -0.192. The number of rotatable bonds is 4. The Bertz CT molecular complexity index is 803. The van der Waals surface area contributed by atoms with Crippen LogP contribution in [-0.4, -0.2) is 71.3 Å². The van der Waals surface area contributed by atoms with Crippen molar-refractivity contribution in [2.75, 3.05) is 26.2 Å². The molecule has 1 N–H and O–H groups in total. The van der Waals surface area contributed by atoms with E-state index < -0.39 is 22.2 Å². The summed E-state index contributed by atoms with van der Waals surface area (Å²) in [6, 6.07) is 4.04. The maximum Gasteiger partial charge on any atom is 0.490 e. The van der Waals surface area contributed by atoms with Crippen molar-refractivity contribution in [3.8, 4) is 0 Å². The predicted molar refractivity (Wildman–Crippen MR) is 105 cm³/mol. The van der Waals surface area contributed by atoms with Gasteiger partial charge in [0.25, 0.3) is 0 Å². The Hall–Kier alpha value is -1.72. The van der Waals surface area contributed by atoms with E-state index in [0.29, 0.717) is 19.0 Å². The number of sulfonamides is 1. The van der Waals surface area contributed by atoms with Crippen molar-refractivity contribution in [3.05, 3.63) is 30.1 Å². The Morgan fingerprint density at radius 1 is 1.30 bits per heavy atom. The predicted octanol–water partition coefficient (Wildman–Crippen LogP) is 2.60. The highest BCUT2D eigenvalue weighted by Crippen LogP contribution is 2.34. The molecule has 2 aliphatic rings. The highest BCUT2D eigenvalue weighted by molar-refractivity contribution is 7.90. The minimum Gasteiger partial charge on any atom is -0.475 e. The third kappa shape index (κ3) is 6.64. The molecule has 1 aromatic heterocycles. The van der Waals surface area contributed by atoms with E-state index in [9.17, 15) is 21.6 Å². The van der Waals surface area contributed by atoms with Gasteiger partial charge in [-0.2, -0.15) is 13.2 Å². The molecule has 2 fully saturated rings. The van der Waals surface area contributed by atoms with Gasteiger partial charge in [-0.05, 0) is 49.4 Å². The van der Waals surface area contributed by atoms with Gasteiger partial charge in [-0.3, -0.25) is 9.88 Å². The number of halogens is 3. The van der Waals surface area contributed by atoms with Crippen molar-refractivity contribution in [1.82, 2.24) is 14.2 Å². The minimum absolute atomic E-state index is 0.180. The summed E-state index contributed by atoms with van der Waals surface area (Å²) in [5.41, 5.74) is 1.20. The number of nitrogens with zero attached hydrogens (tertiary/aromatic N) is 3. The van der Waals surface area contributed by atoms with Gasteiger partial charge in [0.05, 0.1) is 5.25 Å². The van der Waals surface area contributed by atoms with Gasteiger partial charge in [-0.1, -0.05) is 19.9 Å². The van der Waals surface area contributed by atoms with Crippen molar-refractivity contribution in [2.24, 2.45) is 11.8 Å². The zero-order valence-electron chi connectivity index (χ0n) is 17.0. The van der Waals surface area contributed by atoms with Crippen LogP contribution < -0.4 is 0 Å². The van der Waals surface area contributed by atoms with Gasteiger partial charge in [-0.15, -0.1) is 0 Å².